The van der Waals surface area contributed by atoms with Gasteiger partial charge in [0.05, 0.1) is 4.47 Å². The molecule has 114 valence electrons. The summed E-state index contributed by atoms with van der Waals surface area (Å²) in [5.74, 6) is 1.45. The zero-order chi connectivity index (χ0) is 15.3. The molecule has 0 saturated heterocycles. The molecule has 0 amide bonds. The predicted octanol–water partition coefficient (Wildman–Crippen LogP) is 4.63. The minimum absolute atomic E-state index is 0.0951. The molecule has 1 aromatic rings. The maximum atomic E-state index is 12.5. The summed E-state index contributed by atoms with van der Waals surface area (Å²) in [6, 6.07) is 4.01. The summed E-state index contributed by atoms with van der Waals surface area (Å²) in [7, 11) is 0. The third-order valence-electron chi connectivity index (χ3n) is 7.06. The quantitative estimate of drug-likeness (QED) is 0.733. The lowest BCUT2D eigenvalue weighted by atomic mass is 9.59. The first-order chi connectivity index (χ1) is 10.5. The van der Waals surface area contributed by atoms with E-state index in [1.807, 2.05) is 6.07 Å². The Hall–Kier alpha value is -1.09. The number of ketones is 1. The number of Topliss-reactive ketones (excluding diaryl/α,β-unsaturated/α-hetero) is 1. The standard InChI is InChI=1S/C19H19BrO2/c1-18-5-4-12-13-8-15(20)16(21)6-10(13)2-3-14(12)19(18)9-11(19)7-17(18)22/h6,8,11,21H,2-5,7,9H2,1H3/t11-,18-,19+/m1/s1. The average Bonchev–Trinajstić information content (AvgIpc) is 3.14. The molecule has 0 aliphatic heterocycles. The molecule has 1 spiro atoms. The van der Waals surface area contributed by atoms with Gasteiger partial charge >= 0.3 is 0 Å². The predicted molar refractivity (Wildman–Crippen MR) is 88.6 cm³/mol. The number of carbonyl (C=O) groups excluding carboxylic acids is 1. The van der Waals surface area contributed by atoms with Gasteiger partial charge in [0.1, 0.15) is 11.5 Å². The Kier molecular flexibility index (Phi) is 2.35. The molecule has 2 saturated carbocycles. The Morgan fingerprint density at radius 1 is 1.27 bits per heavy atom. The second kappa shape index (κ2) is 3.87. The Balaban J connectivity index is 1.73. The van der Waals surface area contributed by atoms with Gasteiger partial charge in [-0.3, -0.25) is 4.79 Å². The summed E-state index contributed by atoms with van der Waals surface area (Å²) in [4.78, 5) is 12.5. The maximum absolute atomic E-state index is 12.5. The molecule has 0 heterocycles. The van der Waals surface area contributed by atoms with Crippen molar-refractivity contribution in [2.45, 2.75) is 45.4 Å². The van der Waals surface area contributed by atoms with Crippen LogP contribution in [0.25, 0.3) is 5.57 Å². The van der Waals surface area contributed by atoms with E-state index in [9.17, 15) is 9.90 Å². The zero-order valence-corrected chi connectivity index (χ0v) is 14.3. The summed E-state index contributed by atoms with van der Waals surface area (Å²) in [5, 5.41) is 9.95. The van der Waals surface area contributed by atoms with Crippen molar-refractivity contribution >= 4 is 27.3 Å². The van der Waals surface area contributed by atoms with Crippen molar-refractivity contribution in [1.82, 2.24) is 0 Å². The van der Waals surface area contributed by atoms with Gasteiger partial charge in [-0.25, -0.2) is 0 Å². The van der Waals surface area contributed by atoms with Crippen molar-refractivity contribution in [2.24, 2.45) is 16.7 Å². The monoisotopic (exact) mass is 358 g/mol. The lowest BCUT2D eigenvalue weighted by molar-refractivity contribution is -0.128. The average molecular weight is 359 g/mol. The van der Waals surface area contributed by atoms with E-state index in [1.165, 1.54) is 23.1 Å². The largest absolute Gasteiger partial charge is 0.507 e. The molecular weight excluding hydrogens is 340 g/mol. The van der Waals surface area contributed by atoms with E-state index in [0.29, 0.717) is 17.5 Å². The van der Waals surface area contributed by atoms with Crippen molar-refractivity contribution in [2.75, 3.05) is 0 Å². The number of halogens is 1. The van der Waals surface area contributed by atoms with Gasteiger partial charge in [-0.1, -0.05) is 12.5 Å². The summed E-state index contributed by atoms with van der Waals surface area (Å²) in [6.45, 7) is 2.23. The van der Waals surface area contributed by atoms with E-state index < -0.39 is 0 Å². The van der Waals surface area contributed by atoms with Crippen molar-refractivity contribution in [3.63, 3.8) is 0 Å². The van der Waals surface area contributed by atoms with Crippen LogP contribution in [-0.4, -0.2) is 10.9 Å². The van der Waals surface area contributed by atoms with E-state index in [0.717, 1.165) is 36.6 Å². The first-order valence-corrected chi connectivity index (χ1v) is 9.04. The van der Waals surface area contributed by atoms with Crippen LogP contribution in [0.1, 0.15) is 50.2 Å². The van der Waals surface area contributed by atoms with Crippen LogP contribution in [0.15, 0.2) is 22.2 Å². The molecule has 5 rings (SSSR count). The molecule has 1 N–H and O–H groups in total. The molecule has 2 nitrogen and oxygen atoms in total. The van der Waals surface area contributed by atoms with Gasteiger partial charge < -0.3 is 5.11 Å². The molecule has 1 aromatic carbocycles. The van der Waals surface area contributed by atoms with Crippen LogP contribution in [0.4, 0.5) is 0 Å². The Labute approximate surface area is 138 Å². The highest BCUT2D eigenvalue weighted by molar-refractivity contribution is 9.10. The first kappa shape index (κ1) is 13.4. The van der Waals surface area contributed by atoms with Crippen molar-refractivity contribution < 1.29 is 9.90 Å². The fourth-order valence-corrected chi connectivity index (χ4v) is 6.18. The molecule has 2 fully saturated rings. The SMILES string of the molecule is C[C@]12CCC3=C(CCc4cc(O)c(Br)cc43)[C@@]13C[C@H]3CC2=O. The van der Waals surface area contributed by atoms with Crippen LogP contribution in [-0.2, 0) is 11.2 Å². The third-order valence-corrected chi connectivity index (χ3v) is 7.69. The normalized spacial score (nSPS) is 38.3. The maximum Gasteiger partial charge on any atom is 0.139 e. The van der Waals surface area contributed by atoms with Gasteiger partial charge in [-0.05, 0) is 82.8 Å². The number of hydrogen-bond donors (Lipinski definition) is 1. The van der Waals surface area contributed by atoms with Gasteiger partial charge in [-0.15, -0.1) is 0 Å². The van der Waals surface area contributed by atoms with E-state index in [2.05, 4.69) is 28.9 Å². The van der Waals surface area contributed by atoms with Crippen LogP contribution in [0.2, 0.25) is 0 Å². The minimum atomic E-state index is -0.0951. The van der Waals surface area contributed by atoms with Gasteiger partial charge in [0.15, 0.2) is 0 Å². The number of benzene rings is 1. The fraction of sp³-hybridized carbons (Fsp3) is 0.526. The van der Waals surface area contributed by atoms with E-state index in [-0.39, 0.29) is 10.8 Å². The number of aromatic hydroxyl groups is 1. The molecule has 0 radical (unpaired) electrons. The summed E-state index contributed by atoms with van der Waals surface area (Å²) < 4.78 is 0.778. The van der Waals surface area contributed by atoms with Gasteiger partial charge in [0.25, 0.3) is 0 Å². The number of fused-ring (bicyclic) bond motifs is 2. The fourth-order valence-electron chi connectivity index (χ4n) is 5.83. The molecule has 3 heteroatoms. The Morgan fingerprint density at radius 2 is 2.09 bits per heavy atom. The zero-order valence-electron chi connectivity index (χ0n) is 12.7. The second-order valence-corrected chi connectivity index (χ2v) is 8.60. The second-order valence-electron chi connectivity index (χ2n) is 7.75. The smallest absolute Gasteiger partial charge is 0.139 e. The van der Waals surface area contributed by atoms with Crippen LogP contribution < -0.4 is 0 Å². The number of rotatable bonds is 0. The van der Waals surface area contributed by atoms with E-state index in [1.54, 1.807) is 5.57 Å². The van der Waals surface area contributed by atoms with Gasteiger partial charge in [0, 0.05) is 17.3 Å². The minimum Gasteiger partial charge on any atom is -0.507 e. The topological polar surface area (TPSA) is 37.3 Å². The number of aryl methyl sites for hydroxylation is 1. The Bertz CT molecular complexity index is 778. The highest BCUT2D eigenvalue weighted by Crippen LogP contribution is 2.79. The molecular formula is C19H19BrO2. The number of phenols is 1. The van der Waals surface area contributed by atoms with Crippen molar-refractivity contribution in [3.8, 4) is 5.75 Å². The number of hydrogen-bond acceptors (Lipinski definition) is 2. The number of carbonyl (C=O) groups is 1. The highest BCUT2D eigenvalue weighted by Gasteiger charge is 2.74. The van der Waals surface area contributed by atoms with Crippen molar-refractivity contribution in [3.05, 3.63) is 33.3 Å². The molecule has 4 aliphatic rings. The summed E-state index contributed by atoms with van der Waals surface area (Å²) in [5.41, 5.74) is 5.74. The van der Waals surface area contributed by atoms with Crippen molar-refractivity contribution in [1.29, 1.82) is 0 Å². The molecule has 0 bridgehead atoms. The summed E-state index contributed by atoms with van der Waals surface area (Å²) in [6.07, 6.45) is 6.11. The third kappa shape index (κ3) is 1.32. The molecule has 3 atom stereocenters. The first-order valence-electron chi connectivity index (χ1n) is 8.25. The lowest BCUT2D eigenvalue weighted by Gasteiger charge is -2.43. The highest BCUT2D eigenvalue weighted by atomic mass is 79.9. The van der Waals surface area contributed by atoms with Gasteiger partial charge in [0.2, 0.25) is 0 Å². The summed E-state index contributed by atoms with van der Waals surface area (Å²) >= 11 is 3.46. The molecule has 4 aliphatic carbocycles. The van der Waals surface area contributed by atoms with Crippen LogP contribution in [0, 0.1) is 16.7 Å². The number of phenolic OH excluding ortho intramolecular Hbond substituents is 1. The molecule has 0 unspecified atom stereocenters. The molecule has 0 aromatic heterocycles. The van der Waals surface area contributed by atoms with E-state index >= 15 is 0 Å². The number of allylic oxidation sites excluding steroid dienone is 2. The van der Waals surface area contributed by atoms with E-state index in [4.69, 9.17) is 0 Å². The van der Waals surface area contributed by atoms with Crippen LogP contribution in [0.5, 0.6) is 5.75 Å². The van der Waals surface area contributed by atoms with Crippen LogP contribution >= 0.6 is 15.9 Å². The van der Waals surface area contributed by atoms with Gasteiger partial charge in [-0.2, -0.15) is 0 Å². The van der Waals surface area contributed by atoms with Crippen LogP contribution in [0.3, 0.4) is 0 Å². The molecule has 22 heavy (non-hydrogen) atoms. The lowest BCUT2D eigenvalue weighted by Crippen LogP contribution is -2.38. The Morgan fingerprint density at radius 3 is 2.91 bits per heavy atom.